The summed E-state index contributed by atoms with van der Waals surface area (Å²) in [6.45, 7) is 10.6. The summed E-state index contributed by atoms with van der Waals surface area (Å²) in [5, 5.41) is 18.8. The Hall–Kier alpha value is -3.62. The molecule has 1 saturated heterocycles. The first kappa shape index (κ1) is 27.4. The zero-order valence-corrected chi connectivity index (χ0v) is 22.1. The van der Waals surface area contributed by atoms with Crippen molar-refractivity contribution in [2.24, 2.45) is 22.7 Å². The molecule has 2 aliphatic rings. The highest BCUT2D eigenvalue weighted by molar-refractivity contribution is 5.95. The molecule has 1 aliphatic carbocycles. The lowest BCUT2D eigenvalue weighted by molar-refractivity contribution is -0.176. The van der Waals surface area contributed by atoms with Gasteiger partial charge in [0.1, 0.15) is 18.1 Å². The van der Waals surface area contributed by atoms with E-state index in [-0.39, 0.29) is 23.8 Å². The van der Waals surface area contributed by atoms with Gasteiger partial charge in [0.15, 0.2) is 0 Å². The molecule has 2 fully saturated rings. The minimum absolute atomic E-state index is 0.0408. The number of carbonyl (C=O) groups is 3. The van der Waals surface area contributed by atoms with Crippen molar-refractivity contribution in [3.05, 3.63) is 35.7 Å². The molecule has 204 valence electrons. The molecule has 0 bridgehead atoms. The molecule has 2 aromatic heterocycles. The summed E-state index contributed by atoms with van der Waals surface area (Å²) in [6, 6.07) is 2.16. The highest BCUT2D eigenvalue weighted by Crippen LogP contribution is 2.65. The molecule has 4 rings (SSSR count). The fraction of sp³-hybridized carbons (Fsp3) is 0.577. The van der Waals surface area contributed by atoms with Gasteiger partial charge in [0.25, 0.3) is 0 Å². The quantitative estimate of drug-likeness (QED) is 0.614. The second kappa shape index (κ2) is 8.99. The summed E-state index contributed by atoms with van der Waals surface area (Å²) < 4.78 is 40.7. The van der Waals surface area contributed by atoms with Crippen molar-refractivity contribution in [1.82, 2.24) is 25.1 Å². The first-order valence-electron chi connectivity index (χ1n) is 12.3. The highest BCUT2D eigenvalue weighted by atomic mass is 19.4. The van der Waals surface area contributed by atoms with Crippen LogP contribution in [0.15, 0.2) is 24.5 Å². The number of nitrogens with one attached hydrogen (secondary N) is 2. The number of hydrogen-bond acceptors (Lipinski definition) is 5. The number of nitrogens with zero attached hydrogens (tertiary/aromatic N) is 4. The number of carbonyl (C=O) groups excluding carboxylic acids is 3. The van der Waals surface area contributed by atoms with Crippen molar-refractivity contribution in [2.45, 2.75) is 65.8 Å². The topological polar surface area (TPSA) is 120 Å². The van der Waals surface area contributed by atoms with Crippen molar-refractivity contribution < 1.29 is 27.6 Å². The highest BCUT2D eigenvalue weighted by Gasteiger charge is 2.70. The first-order valence-corrected chi connectivity index (χ1v) is 12.3. The molecule has 3 unspecified atom stereocenters. The molecule has 2 N–H and O–H groups in total. The zero-order valence-electron chi connectivity index (χ0n) is 22.1. The predicted octanol–water partition coefficient (Wildman–Crippen LogP) is 2.90. The number of piperidine rings is 1. The Bertz CT molecular complexity index is 1340. The second-order valence-corrected chi connectivity index (χ2v) is 11.8. The number of aryl methyl sites for hydroxylation is 1. The first-order chi connectivity index (χ1) is 17.5. The third-order valence-corrected chi connectivity index (χ3v) is 7.90. The SMILES string of the molecule is Cc1cccn2ncc(C(C#N)NC(=O)C3[C@H]4C(CN3C(=O)[C@@H](NC(=O)C(F)(F)F)C(C)(C)C)C4(C)C)c12. The van der Waals surface area contributed by atoms with Gasteiger partial charge in [0, 0.05) is 18.3 Å². The molecule has 2 aromatic rings. The van der Waals surface area contributed by atoms with Crippen LogP contribution in [-0.2, 0) is 14.4 Å². The van der Waals surface area contributed by atoms with Gasteiger partial charge < -0.3 is 15.5 Å². The zero-order chi connectivity index (χ0) is 28.4. The fourth-order valence-electron chi connectivity index (χ4n) is 5.70. The van der Waals surface area contributed by atoms with E-state index in [0.717, 1.165) is 5.56 Å². The van der Waals surface area contributed by atoms with Gasteiger partial charge in [-0.3, -0.25) is 14.4 Å². The van der Waals surface area contributed by atoms with Crippen LogP contribution < -0.4 is 10.6 Å². The largest absolute Gasteiger partial charge is 0.471 e. The normalized spacial score (nSPS) is 23.8. The van der Waals surface area contributed by atoms with E-state index in [4.69, 9.17) is 0 Å². The van der Waals surface area contributed by atoms with Gasteiger partial charge in [0.2, 0.25) is 11.8 Å². The van der Waals surface area contributed by atoms with Gasteiger partial charge in [-0.2, -0.15) is 23.5 Å². The average molecular weight is 533 g/mol. The minimum Gasteiger partial charge on any atom is -0.336 e. The van der Waals surface area contributed by atoms with E-state index >= 15 is 0 Å². The lowest BCUT2D eigenvalue weighted by Gasteiger charge is -2.37. The number of amides is 3. The summed E-state index contributed by atoms with van der Waals surface area (Å²) in [4.78, 5) is 40.3. The monoisotopic (exact) mass is 532 g/mol. The van der Waals surface area contributed by atoms with E-state index in [1.807, 2.05) is 32.2 Å². The molecule has 12 heteroatoms. The fourth-order valence-corrected chi connectivity index (χ4v) is 5.70. The Balaban J connectivity index is 1.63. The van der Waals surface area contributed by atoms with E-state index < -0.39 is 47.4 Å². The van der Waals surface area contributed by atoms with Crippen LogP contribution in [0.2, 0.25) is 0 Å². The average Bonchev–Trinajstić information content (AvgIpc) is 3.20. The van der Waals surface area contributed by atoms with Crippen molar-refractivity contribution in [1.29, 1.82) is 5.26 Å². The van der Waals surface area contributed by atoms with Crippen LogP contribution in [0.4, 0.5) is 13.2 Å². The number of fused-ring (bicyclic) bond motifs is 2. The van der Waals surface area contributed by atoms with Gasteiger partial charge in [-0.15, -0.1) is 0 Å². The van der Waals surface area contributed by atoms with E-state index in [0.29, 0.717) is 11.1 Å². The molecular weight excluding hydrogens is 501 g/mol. The maximum absolute atomic E-state index is 13.7. The van der Waals surface area contributed by atoms with Crippen molar-refractivity contribution in [2.75, 3.05) is 6.54 Å². The maximum atomic E-state index is 13.7. The van der Waals surface area contributed by atoms with Gasteiger partial charge in [-0.25, -0.2) is 4.52 Å². The number of pyridine rings is 1. The molecule has 0 radical (unpaired) electrons. The van der Waals surface area contributed by atoms with Gasteiger partial charge in [-0.1, -0.05) is 40.7 Å². The number of likely N-dealkylation sites (tertiary alicyclic amines) is 1. The van der Waals surface area contributed by atoms with Crippen LogP contribution in [-0.4, -0.2) is 57.0 Å². The van der Waals surface area contributed by atoms with Crippen LogP contribution in [0.25, 0.3) is 5.52 Å². The summed E-state index contributed by atoms with van der Waals surface area (Å²) in [5.74, 6) is -3.84. The van der Waals surface area contributed by atoms with Crippen LogP contribution in [0.5, 0.6) is 0 Å². The van der Waals surface area contributed by atoms with E-state index in [9.17, 15) is 32.8 Å². The predicted molar refractivity (Wildman–Crippen MR) is 130 cm³/mol. The smallest absolute Gasteiger partial charge is 0.336 e. The Morgan fingerprint density at radius 1 is 1.21 bits per heavy atom. The third kappa shape index (κ3) is 4.59. The lowest BCUT2D eigenvalue weighted by Crippen LogP contribution is -2.60. The lowest BCUT2D eigenvalue weighted by atomic mass is 9.85. The molecule has 0 aromatic carbocycles. The maximum Gasteiger partial charge on any atom is 0.471 e. The number of aromatic nitrogens is 2. The Labute approximate surface area is 218 Å². The van der Waals surface area contributed by atoms with E-state index in [1.54, 1.807) is 37.5 Å². The summed E-state index contributed by atoms with van der Waals surface area (Å²) >= 11 is 0. The molecule has 0 spiro atoms. The molecular formula is C26H31F3N6O3. The molecule has 9 nitrogen and oxygen atoms in total. The number of rotatable bonds is 5. The number of halogens is 3. The van der Waals surface area contributed by atoms with Gasteiger partial charge in [-0.05, 0) is 41.2 Å². The Kier molecular flexibility index (Phi) is 6.49. The molecule has 3 amide bonds. The van der Waals surface area contributed by atoms with E-state index in [1.165, 1.54) is 11.1 Å². The number of hydrogen-bond donors (Lipinski definition) is 2. The van der Waals surface area contributed by atoms with Crippen LogP contribution in [0.1, 0.15) is 51.8 Å². The Morgan fingerprint density at radius 2 is 1.87 bits per heavy atom. The Morgan fingerprint density at radius 3 is 2.45 bits per heavy atom. The van der Waals surface area contributed by atoms with Crippen molar-refractivity contribution in [3.8, 4) is 6.07 Å². The molecule has 3 heterocycles. The standard InChI is InChI=1S/C26H31F3N6O3/c1-13-8-7-9-35-18(13)14(11-31-35)16(10-30)32-21(36)19-17-15(25(17,5)6)12-34(19)22(37)20(24(2,3)4)33-23(38)26(27,28)29/h7-9,11,15-17,19-20H,12H2,1-6H3,(H,32,36)(H,33,38)/t15?,16?,17-,19?,20-/m1/s1. The van der Waals surface area contributed by atoms with Gasteiger partial charge >= 0.3 is 12.1 Å². The molecule has 1 aliphatic heterocycles. The minimum atomic E-state index is -5.16. The van der Waals surface area contributed by atoms with Crippen LogP contribution >= 0.6 is 0 Å². The van der Waals surface area contributed by atoms with Gasteiger partial charge in [0.05, 0.1) is 17.8 Å². The van der Waals surface area contributed by atoms with E-state index in [2.05, 4.69) is 16.5 Å². The third-order valence-electron chi connectivity index (χ3n) is 7.90. The number of nitriles is 1. The summed E-state index contributed by atoms with van der Waals surface area (Å²) in [7, 11) is 0. The molecule has 38 heavy (non-hydrogen) atoms. The van der Waals surface area contributed by atoms with Crippen LogP contribution in [0.3, 0.4) is 0 Å². The molecule has 1 saturated carbocycles. The summed E-state index contributed by atoms with van der Waals surface area (Å²) in [6.07, 6.45) is -1.94. The number of alkyl halides is 3. The van der Waals surface area contributed by atoms with Crippen molar-refractivity contribution >= 4 is 23.2 Å². The second-order valence-electron chi connectivity index (χ2n) is 11.8. The van der Waals surface area contributed by atoms with Crippen molar-refractivity contribution in [3.63, 3.8) is 0 Å². The molecule has 5 atom stereocenters. The van der Waals surface area contributed by atoms with Crippen LogP contribution in [0, 0.1) is 40.9 Å². The summed E-state index contributed by atoms with van der Waals surface area (Å²) in [5.41, 5.74) is 0.681.